The van der Waals surface area contributed by atoms with Crippen LogP contribution >= 0.6 is 0 Å². The van der Waals surface area contributed by atoms with Crippen molar-refractivity contribution in [2.45, 2.75) is 39.3 Å². The lowest BCUT2D eigenvalue weighted by Gasteiger charge is -2.20. The zero-order chi connectivity index (χ0) is 14.3. The van der Waals surface area contributed by atoms with Crippen molar-refractivity contribution in [1.82, 2.24) is 10.6 Å². The molecule has 0 heterocycles. The second-order valence-corrected chi connectivity index (χ2v) is 4.67. The minimum atomic E-state index is -0.205. The molecule has 2 N–H and O–H groups in total. The summed E-state index contributed by atoms with van der Waals surface area (Å²) in [4.78, 5) is 11.8. The van der Waals surface area contributed by atoms with Gasteiger partial charge in [-0.3, -0.25) is 10.1 Å². The number of nitrogens with one attached hydrogen (secondary N) is 2. The van der Waals surface area contributed by atoms with Crippen molar-refractivity contribution in [3.63, 3.8) is 0 Å². The molecule has 0 spiro atoms. The molecule has 2 atom stereocenters. The number of benzene rings is 1. The third-order valence-electron chi connectivity index (χ3n) is 3.06. The van der Waals surface area contributed by atoms with Gasteiger partial charge in [-0.05, 0) is 38.0 Å². The van der Waals surface area contributed by atoms with Crippen molar-refractivity contribution >= 4 is 5.91 Å². The molecule has 4 nitrogen and oxygen atoms in total. The topological polar surface area (TPSA) is 50.4 Å². The molecule has 1 amide bonds. The molecule has 0 fully saturated rings. The molecule has 0 radical (unpaired) electrons. The standard InChI is InChI=1S/C15H24N2O2/c1-5-10-16-15(18)12(3)17-11(2)13-6-8-14(19-4)9-7-13/h6-9,11-12,17H,5,10H2,1-4H3,(H,16,18)/t11-,12?/m0/s1. The van der Waals surface area contributed by atoms with Crippen LogP contribution in [0.3, 0.4) is 0 Å². The van der Waals surface area contributed by atoms with Crippen LogP contribution in [-0.4, -0.2) is 25.6 Å². The van der Waals surface area contributed by atoms with E-state index in [2.05, 4.69) is 10.6 Å². The SMILES string of the molecule is CCCNC(=O)C(C)N[C@@H](C)c1ccc(OC)cc1. The Morgan fingerprint density at radius 3 is 2.42 bits per heavy atom. The van der Waals surface area contributed by atoms with Gasteiger partial charge in [0.15, 0.2) is 0 Å². The summed E-state index contributed by atoms with van der Waals surface area (Å²) in [7, 11) is 1.65. The maximum atomic E-state index is 11.8. The van der Waals surface area contributed by atoms with Gasteiger partial charge in [-0.2, -0.15) is 0 Å². The van der Waals surface area contributed by atoms with E-state index in [1.165, 1.54) is 0 Å². The Morgan fingerprint density at radius 2 is 1.89 bits per heavy atom. The number of rotatable bonds is 7. The van der Waals surface area contributed by atoms with Gasteiger partial charge in [-0.15, -0.1) is 0 Å². The summed E-state index contributed by atoms with van der Waals surface area (Å²) in [6, 6.07) is 7.78. The number of ether oxygens (including phenoxy) is 1. The summed E-state index contributed by atoms with van der Waals surface area (Å²) in [5.41, 5.74) is 1.14. The molecule has 1 unspecified atom stereocenters. The van der Waals surface area contributed by atoms with Gasteiger partial charge in [0.2, 0.25) is 5.91 Å². The van der Waals surface area contributed by atoms with Gasteiger partial charge in [0.25, 0.3) is 0 Å². The first-order chi connectivity index (χ1) is 9.08. The summed E-state index contributed by atoms with van der Waals surface area (Å²) in [6.45, 7) is 6.69. The first kappa shape index (κ1) is 15.5. The molecule has 19 heavy (non-hydrogen) atoms. The average Bonchev–Trinajstić information content (AvgIpc) is 2.44. The molecule has 0 saturated heterocycles. The minimum absolute atomic E-state index is 0.0437. The van der Waals surface area contributed by atoms with Crippen molar-refractivity contribution in [2.24, 2.45) is 0 Å². The Balaban J connectivity index is 2.52. The van der Waals surface area contributed by atoms with Crippen molar-refractivity contribution in [2.75, 3.05) is 13.7 Å². The van der Waals surface area contributed by atoms with Crippen LogP contribution < -0.4 is 15.4 Å². The Morgan fingerprint density at radius 1 is 1.26 bits per heavy atom. The maximum absolute atomic E-state index is 11.8. The number of methoxy groups -OCH3 is 1. The Kier molecular flexibility index (Phi) is 6.36. The zero-order valence-electron chi connectivity index (χ0n) is 12.2. The Labute approximate surface area is 115 Å². The summed E-state index contributed by atoms with van der Waals surface area (Å²) < 4.78 is 5.13. The van der Waals surface area contributed by atoms with Gasteiger partial charge in [0.05, 0.1) is 13.2 Å². The average molecular weight is 264 g/mol. The van der Waals surface area contributed by atoms with Crippen molar-refractivity contribution in [1.29, 1.82) is 0 Å². The fourth-order valence-corrected chi connectivity index (χ4v) is 1.84. The lowest BCUT2D eigenvalue weighted by atomic mass is 10.1. The van der Waals surface area contributed by atoms with E-state index in [1.807, 2.05) is 45.0 Å². The van der Waals surface area contributed by atoms with Gasteiger partial charge in [0.1, 0.15) is 5.75 Å². The highest BCUT2D eigenvalue weighted by Crippen LogP contribution is 2.17. The van der Waals surface area contributed by atoms with Crippen LogP contribution in [0.2, 0.25) is 0 Å². The van der Waals surface area contributed by atoms with Crippen LogP contribution in [0.4, 0.5) is 0 Å². The third kappa shape index (κ3) is 4.91. The van der Waals surface area contributed by atoms with E-state index in [0.717, 1.165) is 24.3 Å². The fraction of sp³-hybridized carbons (Fsp3) is 0.533. The molecule has 0 bridgehead atoms. The molecular weight excluding hydrogens is 240 g/mol. The van der Waals surface area contributed by atoms with E-state index in [1.54, 1.807) is 7.11 Å². The maximum Gasteiger partial charge on any atom is 0.236 e. The predicted octanol–water partition coefficient (Wildman–Crippen LogP) is 2.26. The summed E-state index contributed by atoms with van der Waals surface area (Å²) >= 11 is 0. The minimum Gasteiger partial charge on any atom is -0.497 e. The highest BCUT2D eigenvalue weighted by Gasteiger charge is 2.15. The van der Waals surface area contributed by atoms with Crippen molar-refractivity contribution in [3.05, 3.63) is 29.8 Å². The molecule has 4 heteroatoms. The van der Waals surface area contributed by atoms with Crippen molar-refractivity contribution < 1.29 is 9.53 Å². The lowest BCUT2D eigenvalue weighted by Crippen LogP contribution is -2.43. The van der Waals surface area contributed by atoms with E-state index < -0.39 is 0 Å². The van der Waals surface area contributed by atoms with Crippen LogP contribution in [0.25, 0.3) is 0 Å². The van der Waals surface area contributed by atoms with Crippen LogP contribution in [0, 0.1) is 0 Å². The fourth-order valence-electron chi connectivity index (χ4n) is 1.84. The quantitative estimate of drug-likeness (QED) is 0.794. The predicted molar refractivity (Wildman–Crippen MR) is 77.3 cm³/mol. The van der Waals surface area contributed by atoms with Crippen LogP contribution in [0.5, 0.6) is 5.75 Å². The monoisotopic (exact) mass is 264 g/mol. The molecule has 0 aliphatic rings. The molecule has 1 aromatic carbocycles. The van der Waals surface area contributed by atoms with Gasteiger partial charge < -0.3 is 10.1 Å². The molecule has 0 aliphatic heterocycles. The molecule has 1 rings (SSSR count). The van der Waals surface area contributed by atoms with E-state index in [-0.39, 0.29) is 18.0 Å². The van der Waals surface area contributed by atoms with E-state index >= 15 is 0 Å². The largest absolute Gasteiger partial charge is 0.497 e. The van der Waals surface area contributed by atoms with E-state index in [4.69, 9.17) is 4.74 Å². The van der Waals surface area contributed by atoms with Gasteiger partial charge >= 0.3 is 0 Å². The molecule has 0 aliphatic carbocycles. The third-order valence-corrected chi connectivity index (χ3v) is 3.06. The molecular formula is C15H24N2O2. The Hall–Kier alpha value is -1.55. The van der Waals surface area contributed by atoms with E-state index in [9.17, 15) is 4.79 Å². The van der Waals surface area contributed by atoms with Crippen LogP contribution in [-0.2, 0) is 4.79 Å². The number of hydrogen-bond acceptors (Lipinski definition) is 3. The summed E-state index contributed by atoms with van der Waals surface area (Å²) in [5.74, 6) is 0.881. The van der Waals surface area contributed by atoms with Gasteiger partial charge in [-0.25, -0.2) is 0 Å². The van der Waals surface area contributed by atoms with Crippen LogP contribution in [0.1, 0.15) is 38.8 Å². The second-order valence-electron chi connectivity index (χ2n) is 4.67. The number of carbonyl (C=O) groups is 1. The second kappa shape index (κ2) is 7.79. The highest BCUT2D eigenvalue weighted by molar-refractivity contribution is 5.81. The lowest BCUT2D eigenvalue weighted by molar-refractivity contribution is -0.122. The number of carbonyl (C=O) groups excluding carboxylic acids is 1. The number of hydrogen-bond donors (Lipinski definition) is 2. The summed E-state index contributed by atoms with van der Waals surface area (Å²) in [6.07, 6.45) is 0.951. The first-order valence-corrected chi connectivity index (χ1v) is 6.76. The highest BCUT2D eigenvalue weighted by atomic mass is 16.5. The molecule has 1 aromatic rings. The van der Waals surface area contributed by atoms with E-state index in [0.29, 0.717) is 0 Å². The van der Waals surface area contributed by atoms with Crippen molar-refractivity contribution in [3.8, 4) is 5.75 Å². The van der Waals surface area contributed by atoms with Crippen LogP contribution in [0.15, 0.2) is 24.3 Å². The molecule has 0 saturated carbocycles. The molecule has 106 valence electrons. The first-order valence-electron chi connectivity index (χ1n) is 6.76. The Bertz CT molecular complexity index is 390. The smallest absolute Gasteiger partial charge is 0.236 e. The normalized spacial score (nSPS) is 13.7. The summed E-state index contributed by atoms with van der Waals surface area (Å²) in [5, 5.41) is 6.18. The molecule has 0 aromatic heterocycles. The van der Waals surface area contributed by atoms with Gasteiger partial charge in [0, 0.05) is 12.6 Å². The van der Waals surface area contributed by atoms with Gasteiger partial charge in [-0.1, -0.05) is 19.1 Å². The number of amides is 1. The zero-order valence-corrected chi connectivity index (χ0v) is 12.2.